The highest BCUT2D eigenvalue weighted by atomic mass is 16.5. The Morgan fingerprint density at radius 1 is 1.41 bits per heavy atom. The Morgan fingerprint density at radius 3 is 2.82 bits per heavy atom. The lowest BCUT2D eigenvalue weighted by Gasteiger charge is -2.23. The first-order chi connectivity index (χ1) is 8.18. The summed E-state index contributed by atoms with van der Waals surface area (Å²) in [5.74, 6) is -0.207. The van der Waals surface area contributed by atoms with Crippen molar-refractivity contribution in [3.8, 4) is 0 Å². The molecule has 0 bridgehead atoms. The molecule has 2 heterocycles. The number of nitrogens with one attached hydrogen (secondary N) is 1. The molecule has 2 saturated heterocycles. The molecule has 0 aromatic rings. The van der Waals surface area contributed by atoms with Crippen LogP contribution in [0.25, 0.3) is 0 Å². The van der Waals surface area contributed by atoms with Crippen molar-refractivity contribution in [2.75, 3.05) is 20.2 Å². The van der Waals surface area contributed by atoms with Crippen LogP contribution in [-0.4, -0.2) is 49.1 Å². The molecule has 0 aliphatic carbocycles. The summed E-state index contributed by atoms with van der Waals surface area (Å²) in [6.07, 6.45) is 5.03. The molecule has 2 unspecified atom stereocenters. The van der Waals surface area contributed by atoms with E-state index in [1.54, 1.807) is 0 Å². The van der Waals surface area contributed by atoms with E-state index in [0.29, 0.717) is 12.5 Å². The molecule has 2 aliphatic heterocycles. The molecular formula is C12H20N2O3. The number of ether oxygens (including phenoxy) is 1. The molecule has 0 saturated carbocycles. The zero-order valence-electron chi connectivity index (χ0n) is 10.3. The van der Waals surface area contributed by atoms with Gasteiger partial charge in [0.05, 0.1) is 18.6 Å². The van der Waals surface area contributed by atoms with E-state index in [1.165, 1.54) is 18.4 Å². The summed E-state index contributed by atoms with van der Waals surface area (Å²) in [4.78, 5) is 24.1. The van der Waals surface area contributed by atoms with Crippen LogP contribution < -0.4 is 5.32 Å². The van der Waals surface area contributed by atoms with E-state index < -0.39 is 0 Å². The minimum atomic E-state index is -0.323. The Morgan fingerprint density at radius 2 is 2.24 bits per heavy atom. The molecule has 17 heavy (non-hydrogen) atoms. The summed E-state index contributed by atoms with van der Waals surface area (Å²) >= 11 is 0. The van der Waals surface area contributed by atoms with Gasteiger partial charge in [0.25, 0.3) is 0 Å². The molecule has 5 nitrogen and oxygen atoms in total. The first-order valence-corrected chi connectivity index (χ1v) is 6.34. The standard InChI is InChI=1S/C12H20N2O3/c1-14-11(15)8-10(12(14)16)13-6-5-9-4-2-3-7-17-9/h9-10,13H,2-8H2,1H3. The second-order valence-electron chi connectivity index (χ2n) is 4.78. The Balaban J connectivity index is 1.68. The van der Waals surface area contributed by atoms with Crippen LogP contribution in [0.1, 0.15) is 32.1 Å². The van der Waals surface area contributed by atoms with Gasteiger partial charge in [-0.1, -0.05) is 0 Å². The third kappa shape index (κ3) is 3.04. The molecule has 0 aromatic heterocycles. The summed E-state index contributed by atoms with van der Waals surface area (Å²) in [5, 5.41) is 3.15. The number of carbonyl (C=O) groups excluding carboxylic acids is 2. The number of carbonyl (C=O) groups is 2. The number of hydrogen-bond acceptors (Lipinski definition) is 4. The molecule has 0 spiro atoms. The molecule has 2 rings (SSSR count). The molecule has 5 heteroatoms. The molecule has 2 aliphatic rings. The topological polar surface area (TPSA) is 58.6 Å². The maximum Gasteiger partial charge on any atom is 0.246 e. The van der Waals surface area contributed by atoms with Gasteiger partial charge in [0.15, 0.2) is 0 Å². The monoisotopic (exact) mass is 240 g/mol. The van der Waals surface area contributed by atoms with Crippen LogP contribution in [0.5, 0.6) is 0 Å². The van der Waals surface area contributed by atoms with Gasteiger partial charge in [-0.05, 0) is 32.2 Å². The van der Waals surface area contributed by atoms with Gasteiger partial charge in [-0.3, -0.25) is 14.5 Å². The van der Waals surface area contributed by atoms with Crippen LogP contribution in [-0.2, 0) is 14.3 Å². The minimum absolute atomic E-state index is 0.0959. The zero-order chi connectivity index (χ0) is 12.3. The van der Waals surface area contributed by atoms with E-state index in [-0.39, 0.29) is 17.9 Å². The van der Waals surface area contributed by atoms with Gasteiger partial charge >= 0.3 is 0 Å². The minimum Gasteiger partial charge on any atom is -0.378 e. The summed E-state index contributed by atoms with van der Waals surface area (Å²) < 4.78 is 5.61. The number of hydrogen-bond donors (Lipinski definition) is 1. The van der Waals surface area contributed by atoms with E-state index in [1.807, 2.05) is 0 Å². The zero-order valence-corrected chi connectivity index (χ0v) is 10.3. The fourth-order valence-corrected chi connectivity index (χ4v) is 2.37. The van der Waals surface area contributed by atoms with E-state index >= 15 is 0 Å². The Kier molecular flexibility index (Phi) is 4.12. The Bertz CT molecular complexity index is 300. The summed E-state index contributed by atoms with van der Waals surface area (Å²) in [6, 6.07) is -0.323. The van der Waals surface area contributed by atoms with Crippen LogP contribution >= 0.6 is 0 Å². The van der Waals surface area contributed by atoms with Crippen molar-refractivity contribution in [1.82, 2.24) is 10.2 Å². The van der Waals surface area contributed by atoms with Crippen molar-refractivity contribution in [3.63, 3.8) is 0 Å². The first kappa shape index (κ1) is 12.5. The van der Waals surface area contributed by atoms with Crippen LogP contribution in [0.15, 0.2) is 0 Å². The van der Waals surface area contributed by atoms with Gasteiger partial charge in [0, 0.05) is 13.7 Å². The van der Waals surface area contributed by atoms with Gasteiger partial charge in [-0.25, -0.2) is 0 Å². The molecule has 2 fully saturated rings. The van der Waals surface area contributed by atoms with Gasteiger partial charge < -0.3 is 10.1 Å². The van der Waals surface area contributed by atoms with Crippen LogP contribution in [0.2, 0.25) is 0 Å². The second kappa shape index (κ2) is 5.60. The van der Waals surface area contributed by atoms with E-state index in [2.05, 4.69) is 5.32 Å². The Labute approximate surface area is 101 Å². The van der Waals surface area contributed by atoms with Gasteiger partial charge in [0.2, 0.25) is 11.8 Å². The van der Waals surface area contributed by atoms with Crippen LogP contribution in [0.4, 0.5) is 0 Å². The maximum absolute atomic E-state index is 11.6. The fraction of sp³-hybridized carbons (Fsp3) is 0.833. The number of imide groups is 1. The predicted molar refractivity (Wildman–Crippen MR) is 62.4 cm³/mol. The van der Waals surface area contributed by atoms with Gasteiger partial charge in [-0.2, -0.15) is 0 Å². The fourth-order valence-electron chi connectivity index (χ4n) is 2.37. The third-order valence-corrected chi connectivity index (χ3v) is 3.51. The summed E-state index contributed by atoms with van der Waals surface area (Å²) in [7, 11) is 1.54. The van der Waals surface area contributed by atoms with Crippen molar-refractivity contribution >= 4 is 11.8 Å². The molecule has 2 atom stereocenters. The maximum atomic E-state index is 11.6. The highest BCUT2D eigenvalue weighted by Crippen LogP contribution is 2.16. The smallest absolute Gasteiger partial charge is 0.246 e. The predicted octanol–water partition coefficient (Wildman–Crippen LogP) is 0.292. The van der Waals surface area contributed by atoms with E-state index in [0.717, 1.165) is 32.4 Å². The third-order valence-electron chi connectivity index (χ3n) is 3.51. The number of likely N-dealkylation sites (tertiary alicyclic amines) is 1. The highest BCUT2D eigenvalue weighted by molar-refractivity contribution is 6.05. The molecule has 2 amide bonds. The average molecular weight is 240 g/mol. The summed E-state index contributed by atoms with van der Waals surface area (Å²) in [5.41, 5.74) is 0. The van der Waals surface area contributed by atoms with Crippen molar-refractivity contribution in [1.29, 1.82) is 0 Å². The van der Waals surface area contributed by atoms with Gasteiger partial charge in [0.1, 0.15) is 0 Å². The largest absolute Gasteiger partial charge is 0.378 e. The number of amides is 2. The van der Waals surface area contributed by atoms with Crippen LogP contribution in [0.3, 0.4) is 0 Å². The molecular weight excluding hydrogens is 220 g/mol. The van der Waals surface area contributed by atoms with Crippen molar-refractivity contribution in [3.05, 3.63) is 0 Å². The average Bonchev–Trinajstić information content (AvgIpc) is 2.59. The number of nitrogens with zero attached hydrogens (tertiary/aromatic N) is 1. The van der Waals surface area contributed by atoms with Crippen molar-refractivity contribution in [2.24, 2.45) is 0 Å². The molecule has 1 N–H and O–H groups in total. The van der Waals surface area contributed by atoms with Crippen LogP contribution in [0, 0.1) is 0 Å². The quantitative estimate of drug-likeness (QED) is 0.718. The van der Waals surface area contributed by atoms with Crippen molar-refractivity contribution in [2.45, 2.75) is 44.2 Å². The normalized spacial score (nSPS) is 30.1. The molecule has 0 aromatic carbocycles. The lowest BCUT2D eigenvalue weighted by Crippen LogP contribution is -2.38. The van der Waals surface area contributed by atoms with E-state index in [9.17, 15) is 9.59 Å². The first-order valence-electron chi connectivity index (χ1n) is 6.34. The van der Waals surface area contributed by atoms with Gasteiger partial charge in [-0.15, -0.1) is 0 Å². The number of rotatable bonds is 4. The molecule has 96 valence electrons. The Hall–Kier alpha value is -0.940. The molecule has 0 radical (unpaired) electrons. The van der Waals surface area contributed by atoms with E-state index in [4.69, 9.17) is 4.74 Å². The summed E-state index contributed by atoms with van der Waals surface area (Å²) in [6.45, 7) is 1.59. The second-order valence-corrected chi connectivity index (χ2v) is 4.78. The number of likely N-dealkylation sites (N-methyl/N-ethyl adjacent to an activating group) is 1. The lowest BCUT2D eigenvalue weighted by molar-refractivity contribution is -0.137. The highest BCUT2D eigenvalue weighted by Gasteiger charge is 2.35. The SMILES string of the molecule is CN1C(=O)CC(NCCC2CCCCO2)C1=O. The lowest BCUT2D eigenvalue weighted by atomic mass is 10.1. The van der Waals surface area contributed by atoms with Crippen molar-refractivity contribution < 1.29 is 14.3 Å².